The molecule has 9 aromatic rings. The lowest BCUT2D eigenvalue weighted by Crippen LogP contribution is -2.10. The number of anilines is 3. The minimum absolute atomic E-state index is 1.12. The van der Waals surface area contributed by atoms with Crippen LogP contribution in [-0.2, 0) is 0 Å². The van der Waals surface area contributed by atoms with E-state index in [2.05, 4.69) is 193 Å². The van der Waals surface area contributed by atoms with Crippen LogP contribution in [0.3, 0.4) is 0 Å². The first-order chi connectivity index (χ1) is 23.8. The Morgan fingerprint density at radius 3 is 1.54 bits per heavy atom. The van der Waals surface area contributed by atoms with Crippen molar-refractivity contribution in [2.75, 3.05) is 4.90 Å². The Balaban J connectivity index is 1.14. The van der Waals surface area contributed by atoms with Crippen molar-refractivity contribution < 1.29 is 0 Å². The van der Waals surface area contributed by atoms with Crippen molar-refractivity contribution in [2.24, 2.45) is 0 Å². The van der Waals surface area contributed by atoms with E-state index >= 15 is 0 Å². The van der Waals surface area contributed by atoms with E-state index in [4.69, 9.17) is 0 Å². The van der Waals surface area contributed by atoms with Crippen molar-refractivity contribution in [1.29, 1.82) is 0 Å². The second-order valence-electron chi connectivity index (χ2n) is 12.2. The Kier molecular flexibility index (Phi) is 7.07. The van der Waals surface area contributed by atoms with Crippen LogP contribution in [-0.4, -0.2) is 0 Å². The summed E-state index contributed by atoms with van der Waals surface area (Å²) in [7, 11) is 0. The lowest BCUT2D eigenvalue weighted by Gasteiger charge is -2.26. The molecule has 0 saturated carbocycles. The molecule has 48 heavy (non-hydrogen) atoms. The quantitative estimate of drug-likeness (QED) is 0.177. The summed E-state index contributed by atoms with van der Waals surface area (Å²) in [4.78, 5) is 2.38. The molecule has 1 nitrogen and oxygen atoms in total. The minimum Gasteiger partial charge on any atom is -0.310 e. The molecule has 0 unspecified atom stereocenters. The van der Waals surface area contributed by atoms with E-state index in [9.17, 15) is 0 Å². The standard InChI is InChI=1S/C46H31NS/c1-3-10-32(11-4-1)34-18-20-35(21-19-34)36-22-25-40(26-23-36)47(41-15-9-14-37(28-41)33-12-5-2-6-13-33)42-27-24-38-31-46-44(30-39(38)29-42)43-16-7-8-17-45(43)48-46/h1-31H. The predicted molar refractivity (Wildman–Crippen MR) is 208 cm³/mol. The third-order valence-corrected chi connectivity index (χ3v) is 10.4. The van der Waals surface area contributed by atoms with Gasteiger partial charge in [0.05, 0.1) is 0 Å². The first kappa shape index (κ1) is 28.3. The molecule has 1 heterocycles. The van der Waals surface area contributed by atoms with Crippen LogP contribution in [0.5, 0.6) is 0 Å². The van der Waals surface area contributed by atoms with Gasteiger partial charge in [-0.25, -0.2) is 0 Å². The van der Waals surface area contributed by atoms with E-state index in [1.54, 1.807) is 0 Å². The van der Waals surface area contributed by atoms with Gasteiger partial charge in [-0.1, -0.05) is 133 Å². The molecule has 1 aromatic heterocycles. The maximum Gasteiger partial charge on any atom is 0.0468 e. The van der Waals surface area contributed by atoms with Gasteiger partial charge in [0, 0.05) is 37.2 Å². The van der Waals surface area contributed by atoms with Gasteiger partial charge in [0.25, 0.3) is 0 Å². The second kappa shape index (κ2) is 12.0. The van der Waals surface area contributed by atoms with Crippen LogP contribution in [0.4, 0.5) is 17.1 Å². The fraction of sp³-hybridized carbons (Fsp3) is 0. The topological polar surface area (TPSA) is 3.24 Å². The Morgan fingerprint density at radius 1 is 0.292 bits per heavy atom. The number of hydrogen-bond donors (Lipinski definition) is 0. The highest BCUT2D eigenvalue weighted by atomic mass is 32.1. The van der Waals surface area contributed by atoms with Gasteiger partial charge in [0.15, 0.2) is 0 Å². The first-order valence-electron chi connectivity index (χ1n) is 16.3. The lowest BCUT2D eigenvalue weighted by molar-refractivity contribution is 1.29. The molecule has 226 valence electrons. The zero-order valence-corrected chi connectivity index (χ0v) is 27.1. The van der Waals surface area contributed by atoms with Gasteiger partial charge in [-0.3, -0.25) is 0 Å². The van der Waals surface area contributed by atoms with Gasteiger partial charge in [0.1, 0.15) is 0 Å². The molecule has 0 aliphatic carbocycles. The van der Waals surface area contributed by atoms with E-state index in [0.29, 0.717) is 0 Å². The zero-order chi connectivity index (χ0) is 31.9. The van der Waals surface area contributed by atoms with Crippen LogP contribution < -0.4 is 4.90 Å². The van der Waals surface area contributed by atoms with Gasteiger partial charge >= 0.3 is 0 Å². The Morgan fingerprint density at radius 2 is 0.833 bits per heavy atom. The van der Waals surface area contributed by atoms with Gasteiger partial charge in [0.2, 0.25) is 0 Å². The summed E-state index contributed by atoms with van der Waals surface area (Å²) < 4.78 is 2.66. The number of benzene rings is 8. The molecule has 0 amide bonds. The van der Waals surface area contributed by atoms with Gasteiger partial charge in [-0.05, 0) is 98.8 Å². The van der Waals surface area contributed by atoms with E-state index in [0.717, 1.165) is 17.1 Å². The summed E-state index contributed by atoms with van der Waals surface area (Å²) in [5, 5.41) is 5.14. The number of fused-ring (bicyclic) bond motifs is 4. The van der Waals surface area contributed by atoms with Crippen molar-refractivity contribution in [1.82, 2.24) is 0 Å². The van der Waals surface area contributed by atoms with Crippen molar-refractivity contribution in [3.05, 3.63) is 188 Å². The monoisotopic (exact) mass is 629 g/mol. The number of rotatable bonds is 6. The second-order valence-corrected chi connectivity index (χ2v) is 13.3. The predicted octanol–water partition coefficient (Wildman–Crippen LogP) is 13.7. The van der Waals surface area contributed by atoms with Crippen LogP contribution in [0.15, 0.2) is 188 Å². The van der Waals surface area contributed by atoms with Crippen LogP contribution in [0.1, 0.15) is 0 Å². The van der Waals surface area contributed by atoms with Crippen molar-refractivity contribution >= 4 is 59.3 Å². The molecule has 0 aliphatic heterocycles. The van der Waals surface area contributed by atoms with Crippen LogP contribution in [0.2, 0.25) is 0 Å². The fourth-order valence-corrected chi connectivity index (χ4v) is 7.92. The highest BCUT2D eigenvalue weighted by Gasteiger charge is 2.16. The summed E-state index contributed by atoms with van der Waals surface area (Å²) in [5.74, 6) is 0. The number of hydrogen-bond acceptors (Lipinski definition) is 2. The highest BCUT2D eigenvalue weighted by molar-refractivity contribution is 7.25. The van der Waals surface area contributed by atoms with Crippen molar-refractivity contribution in [3.63, 3.8) is 0 Å². The lowest BCUT2D eigenvalue weighted by atomic mass is 10.00. The molecule has 0 radical (unpaired) electrons. The molecule has 0 aliphatic rings. The summed E-state index contributed by atoms with van der Waals surface area (Å²) in [5.41, 5.74) is 10.6. The molecular weight excluding hydrogens is 599 g/mol. The molecule has 0 bridgehead atoms. The maximum atomic E-state index is 2.38. The average molecular weight is 630 g/mol. The summed E-state index contributed by atoms with van der Waals surface area (Å²) in [6.45, 7) is 0. The molecule has 2 heteroatoms. The summed E-state index contributed by atoms with van der Waals surface area (Å²) >= 11 is 1.87. The minimum atomic E-state index is 1.12. The van der Waals surface area contributed by atoms with Gasteiger partial charge in [-0.2, -0.15) is 0 Å². The van der Waals surface area contributed by atoms with E-state index in [-0.39, 0.29) is 0 Å². The molecule has 0 spiro atoms. The zero-order valence-electron chi connectivity index (χ0n) is 26.3. The maximum absolute atomic E-state index is 2.38. The Hall–Kier alpha value is -5.96. The smallest absolute Gasteiger partial charge is 0.0468 e. The number of nitrogens with zero attached hydrogens (tertiary/aromatic N) is 1. The third kappa shape index (κ3) is 5.23. The fourth-order valence-electron chi connectivity index (χ4n) is 6.79. The Bertz CT molecular complexity index is 2530. The van der Waals surface area contributed by atoms with E-state index < -0.39 is 0 Å². The first-order valence-corrected chi connectivity index (χ1v) is 17.2. The summed E-state index contributed by atoms with van der Waals surface area (Å²) in [6.07, 6.45) is 0. The normalized spacial score (nSPS) is 11.3. The highest BCUT2D eigenvalue weighted by Crippen LogP contribution is 2.41. The van der Waals surface area contributed by atoms with Crippen LogP contribution in [0.25, 0.3) is 64.3 Å². The molecular formula is C46H31NS. The third-order valence-electron chi connectivity index (χ3n) is 9.24. The Labute approximate surface area is 284 Å². The van der Waals surface area contributed by atoms with Crippen LogP contribution in [0, 0.1) is 0 Å². The molecule has 0 N–H and O–H groups in total. The largest absolute Gasteiger partial charge is 0.310 e. The molecule has 0 fully saturated rings. The van der Waals surface area contributed by atoms with Crippen LogP contribution >= 0.6 is 11.3 Å². The van der Waals surface area contributed by atoms with Gasteiger partial charge < -0.3 is 4.90 Å². The average Bonchev–Trinajstić information content (AvgIpc) is 3.52. The number of thiophene rings is 1. The van der Waals surface area contributed by atoms with Crippen molar-refractivity contribution in [3.8, 4) is 33.4 Å². The van der Waals surface area contributed by atoms with E-state index in [1.807, 2.05) is 11.3 Å². The molecule has 0 atom stereocenters. The summed E-state index contributed by atoms with van der Waals surface area (Å²) in [6, 6.07) is 68.2. The molecule has 8 aromatic carbocycles. The van der Waals surface area contributed by atoms with E-state index in [1.165, 1.54) is 64.3 Å². The van der Waals surface area contributed by atoms with Crippen molar-refractivity contribution in [2.45, 2.75) is 0 Å². The molecule has 9 rings (SSSR count). The van der Waals surface area contributed by atoms with Gasteiger partial charge in [-0.15, -0.1) is 11.3 Å². The molecule has 0 saturated heterocycles. The SMILES string of the molecule is c1ccc(-c2ccc(-c3ccc(N(c4cccc(-c5ccccc5)c4)c4ccc5cc6sc7ccccc7c6cc5c4)cc3)cc2)cc1.